The minimum atomic E-state index is -0.614. The molecule has 0 spiro atoms. The molecule has 29 heavy (non-hydrogen) atoms. The van der Waals surface area contributed by atoms with Crippen molar-refractivity contribution in [3.8, 4) is 17.2 Å². The average Bonchev–Trinajstić information content (AvgIpc) is 2.71. The topological polar surface area (TPSA) is 77.1 Å². The van der Waals surface area contributed by atoms with Gasteiger partial charge in [0, 0.05) is 0 Å². The molecule has 1 aliphatic rings. The van der Waals surface area contributed by atoms with Gasteiger partial charge in [0.15, 0.2) is 16.6 Å². The predicted molar refractivity (Wildman–Crippen MR) is 114 cm³/mol. The highest BCUT2D eigenvalue weighted by molar-refractivity contribution is 7.80. The molecule has 0 aliphatic carbocycles. The van der Waals surface area contributed by atoms with Crippen LogP contribution < -0.4 is 24.4 Å². The quantitative estimate of drug-likeness (QED) is 0.444. The van der Waals surface area contributed by atoms with E-state index in [1.165, 1.54) is 32.3 Å². The summed E-state index contributed by atoms with van der Waals surface area (Å²) in [5.41, 5.74) is 0.762. The Morgan fingerprint density at radius 1 is 1.03 bits per heavy atom. The van der Waals surface area contributed by atoms with Gasteiger partial charge in [-0.05, 0) is 48.1 Å². The molecule has 0 radical (unpaired) electrons. The molecule has 0 bridgehead atoms. The summed E-state index contributed by atoms with van der Waals surface area (Å²) in [6.45, 7) is 0. The highest BCUT2D eigenvalue weighted by Crippen LogP contribution is 2.39. The van der Waals surface area contributed by atoms with Crippen LogP contribution in [0.2, 0.25) is 5.02 Å². The third-order valence-corrected chi connectivity index (χ3v) is 4.80. The summed E-state index contributed by atoms with van der Waals surface area (Å²) < 4.78 is 15.9. The van der Waals surface area contributed by atoms with Crippen LogP contribution in [0.1, 0.15) is 5.56 Å². The van der Waals surface area contributed by atoms with Gasteiger partial charge in [-0.2, -0.15) is 0 Å². The van der Waals surface area contributed by atoms with E-state index in [2.05, 4.69) is 5.32 Å². The highest BCUT2D eigenvalue weighted by Gasteiger charge is 2.35. The van der Waals surface area contributed by atoms with Crippen LogP contribution in [0.3, 0.4) is 0 Å². The van der Waals surface area contributed by atoms with E-state index in [0.29, 0.717) is 33.5 Å². The predicted octanol–water partition coefficient (Wildman–Crippen LogP) is 3.20. The lowest BCUT2D eigenvalue weighted by molar-refractivity contribution is -0.122. The molecule has 0 aromatic heterocycles. The molecule has 9 heteroatoms. The Morgan fingerprint density at radius 3 is 2.21 bits per heavy atom. The van der Waals surface area contributed by atoms with Gasteiger partial charge in [0.1, 0.15) is 5.57 Å². The van der Waals surface area contributed by atoms with Gasteiger partial charge in [0.05, 0.1) is 32.0 Å². The Bertz CT molecular complexity index is 1010. The molecule has 1 heterocycles. The molecule has 1 aliphatic heterocycles. The Hall–Kier alpha value is -3.10. The molecule has 150 valence electrons. The smallest absolute Gasteiger partial charge is 0.270 e. The normalized spacial score (nSPS) is 15.4. The molecular weight excluding hydrogens is 416 g/mol. The van der Waals surface area contributed by atoms with Crippen molar-refractivity contribution in [1.82, 2.24) is 5.32 Å². The van der Waals surface area contributed by atoms with E-state index >= 15 is 0 Å². The van der Waals surface area contributed by atoms with Gasteiger partial charge in [-0.25, -0.2) is 0 Å². The van der Waals surface area contributed by atoms with Crippen LogP contribution in [0.15, 0.2) is 42.0 Å². The summed E-state index contributed by atoms with van der Waals surface area (Å²) in [6, 6.07) is 9.97. The molecule has 0 atom stereocenters. The summed E-state index contributed by atoms with van der Waals surface area (Å²) in [5.74, 6) is -0.0326. The van der Waals surface area contributed by atoms with Gasteiger partial charge < -0.3 is 14.2 Å². The zero-order valence-electron chi connectivity index (χ0n) is 15.8. The fraction of sp³-hybridized carbons (Fsp3) is 0.150. The van der Waals surface area contributed by atoms with Crippen molar-refractivity contribution < 1.29 is 23.8 Å². The van der Waals surface area contributed by atoms with E-state index in [4.69, 9.17) is 38.0 Å². The van der Waals surface area contributed by atoms with Crippen LogP contribution in [-0.4, -0.2) is 38.3 Å². The van der Waals surface area contributed by atoms with E-state index in [1.807, 2.05) is 0 Å². The van der Waals surface area contributed by atoms with Crippen LogP contribution in [0.25, 0.3) is 6.08 Å². The maximum absolute atomic E-state index is 13.1. The number of nitrogens with zero attached hydrogens (tertiary/aromatic N) is 1. The molecule has 7 nitrogen and oxygen atoms in total. The first kappa shape index (κ1) is 20.6. The van der Waals surface area contributed by atoms with Gasteiger partial charge in [-0.15, -0.1) is 0 Å². The number of amides is 2. The Kier molecular flexibility index (Phi) is 6.05. The number of nitrogens with one attached hydrogen (secondary N) is 1. The van der Waals surface area contributed by atoms with Crippen molar-refractivity contribution in [3.63, 3.8) is 0 Å². The number of carbonyl (C=O) groups is 2. The SMILES string of the molecule is COc1cc(/C=C2\C(=O)NC(=S)N(c3ccccc3Cl)C2=O)cc(OC)c1OC. The van der Waals surface area contributed by atoms with Gasteiger partial charge in [-0.3, -0.25) is 19.8 Å². The number of hydrogen-bond acceptors (Lipinski definition) is 6. The van der Waals surface area contributed by atoms with Gasteiger partial charge in [0.2, 0.25) is 5.75 Å². The lowest BCUT2D eigenvalue weighted by atomic mass is 10.1. The van der Waals surface area contributed by atoms with Crippen molar-refractivity contribution in [2.75, 3.05) is 26.2 Å². The van der Waals surface area contributed by atoms with Crippen molar-refractivity contribution in [1.29, 1.82) is 0 Å². The summed E-state index contributed by atoms with van der Waals surface area (Å²) in [6.07, 6.45) is 1.42. The summed E-state index contributed by atoms with van der Waals surface area (Å²) in [7, 11) is 4.44. The summed E-state index contributed by atoms with van der Waals surface area (Å²) >= 11 is 11.4. The van der Waals surface area contributed by atoms with Crippen LogP contribution in [0.4, 0.5) is 5.69 Å². The Balaban J connectivity index is 2.09. The van der Waals surface area contributed by atoms with Crippen LogP contribution in [-0.2, 0) is 9.59 Å². The Morgan fingerprint density at radius 2 is 1.66 bits per heavy atom. The Labute approximate surface area is 177 Å². The van der Waals surface area contributed by atoms with Gasteiger partial charge >= 0.3 is 0 Å². The zero-order valence-corrected chi connectivity index (χ0v) is 17.4. The minimum absolute atomic E-state index is 0.0462. The van der Waals surface area contributed by atoms with E-state index < -0.39 is 11.8 Å². The minimum Gasteiger partial charge on any atom is -0.493 e. The molecule has 1 N–H and O–H groups in total. The summed E-state index contributed by atoms with van der Waals surface area (Å²) in [5, 5.41) is 2.80. The average molecular weight is 433 g/mol. The third kappa shape index (κ3) is 3.90. The number of ether oxygens (including phenoxy) is 3. The van der Waals surface area contributed by atoms with Gasteiger partial charge in [0.25, 0.3) is 11.8 Å². The number of benzene rings is 2. The molecule has 2 amide bonds. The van der Waals surface area contributed by atoms with E-state index in [9.17, 15) is 9.59 Å². The number of hydrogen-bond donors (Lipinski definition) is 1. The fourth-order valence-corrected chi connectivity index (χ4v) is 3.35. The number of rotatable bonds is 5. The molecular formula is C20H17ClN2O5S. The first-order chi connectivity index (χ1) is 13.9. The molecule has 2 aromatic carbocycles. The van der Waals surface area contributed by atoms with Crippen LogP contribution in [0.5, 0.6) is 17.2 Å². The van der Waals surface area contributed by atoms with Gasteiger partial charge in [-0.1, -0.05) is 23.7 Å². The number of para-hydroxylation sites is 1. The standard InChI is InChI=1S/C20H17ClN2O5S/c1-26-15-9-11(10-16(27-2)17(15)28-3)8-12-18(24)22-20(29)23(19(12)25)14-7-5-4-6-13(14)21/h4-10H,1-3H3,(H,22,24,29)/b12-8+. The molecule has 0 saturated carbocycles. The zero-order chi connectivity index (χ0) is 21.1. The number of thiocarbonyl (C=S) groups is 1. The number of carbonyl (C=O) groups excluding carboxylic acids is 2. The van der Waals surface area contributed by atoms with Crippen LogP contribution in [0, 0.1) is 0 Å². The number of methoxy groups -OCH3 is 3. The second-order valence-electron chi connectivity index (χ2n) is 5.87. The van der Waals surface area contributed by atoms with E-state index in [0.717, 1.165) is 0 Å². The largest absolute Gasteiger partial charge is 0.493 e. The molecule has 1 fully saturated rings. The van der Waals surface area contributed by atoms with Crippen molar-refractivity contribution in [2.45, 2.75) is 0 Å². The molecule has 0 unspecified atom stereocenters. The highest BCUT2D eigenvalue weighted by atomic mass is 35.5. The fourth-order valence-electron chi connectivity index (χ4n) is 2.86. The lowest BCUT2D eigenvalue weighted by Crippen LogP contribution is -2.54. The second kappa shape index (κ2) is 8.50. The number of anilines is 1. The first-order valence-corrected chi connectivity index (χ1v) is 9.15. The summed E-state index contributed by atoms with van der Waals surface area (Å²) in [4.78, 5) is 26.8. The first-order valence-electron chi connectivity index (χ1n) is 8.37. The van der Waals surface area contributed by atoms with Crippen molar-refractivity contribution in [2.24, 2.45) is 0 Å². The maximum atomic E-state index is 13.1. The van der Waals surface area contributed by atoms with Crippen molar-refractivity contribution >= 4 is 52.5 Å². The molecule has 3 rings (SSSR count). The molecule has 1 saturated heterocycles. The number of halogens is 1. The monoisotopic (exact) mass is 432 g/mol. The maximum Gasteiger partial charge on any atom is 0.270 e. The third-order valence-electron chi connectivity index (χ3n) is 4.19. The van der Waals surface area contributed by atoms with Crippen molar-refractivity contribution in [3.05, 3.63) is 52.6 Å². The van der Waals surface area contributed by atoms with E-state index in [-0.39, 0.29) is 10.7 Å². The van der Waals surface area contributed by atoms with E-state index in [1.54, 1.807) is 36.4 Å². The lowest BCUT2D eigenvalue weighted by Gasteiger charge is -2.29. The molecule has 2 aromatic rings. The second-order valence-corrected chi connectivity index (χ2v) is 6.66. The van der Waals surface area contributed by atoms with Crippen LogP contribution >= 0.6 is 23.8 Å².